The number of benzene rings is 1. The molecule has 1 aromatic carbocycles. The van der Waals surface area contributed by atoms with E-state index in [1.54, 1.807) is 11.4 Å². The minimum absolute atomic E-state index is 0.312. The zero-order valence-electron chi connectivity index (χ0n) is 10.8. The maximum absolute atomic E-state index is 12.8. The number of hydrogen-bond acceptors (Lipinski definition) is 3. The fourth-order valence-corrected chi connectivity index (χ4v) is 1.41. The van der Waals surface area contributed by atoms with E-state index in [1.807, 2.05) is 0 Å². The fourth-order valence-electron chi connectivity index (χ4n) is 1.41. The summed E-state index contributed by atoms with van der Waals surface area (Å²) >= 11 is 0. The quantitative estimate of drug-likeness (QED) is 0.819. The lowest BCUT2D eigenvalue weighted by Crippen LogP contribution is -2.44. The first kappa shape index (κ1) is 16.1. The van der Waals surface area contributed by atoms with Crippen LogP contribution in [0.4, 0.5) is 17.6 Å². The molecule has 0 unspecified atom stereocenters. The van der Waals surface area contributed by atoms with Crippen molar-refractivity contribution in [2.45, 2.75) is 18.9 Å². The molecule has 0 spiro atoms. The molecule has 0 saturated carbocycles. The molecule has 20 heavy (non-hydrogen) atoms. The van der Waals surface area contributed by atoms with Crippen LogP contribution in [0.5, 0.6) is 11.5 Å². The van der Waals surface area contributed by atoms with Gasteiger partial charge in [0.2, 0.25) is 0 Å². The van der Waals surface area contributed by atoms with E-state index in [0.717, 1.165) is 0 Å². The Balaban J connectivity index is 2.81. The van der Waals surface area contributed by atoms with E-state index in [2.05, 4.69) is 0 Å². The Kier molecular flexibility index (Phi) is 5.18. The van der Waals surface area contributed by atoms with Crippen LogP contribution in [-0.2, 0) is 11.3 Å². The first-order chi connectivity index (χ1) is 9.32. The molecule has 8 heteroatoms. The summed E-state index contributed by atoms with van der Waals surface area (Å²) in [6, 6.07) is 4.52. The third kappa shape index (κ3) is 3.52. The SMILES string of the molecule is COc1ccc(OC)c(CNC(=O)C(F)(F)C(F)F)c1. The standard InChI is InChI=1S/C12H13F4NO3/c1-19-8-3-4-9(20-2)7(5-8)6-17-11(18)12(15,16)10(13)14/h3-5,10H,6H2,1-2H3,(H,17,18). The van der Waals surface area contributed by atoms with Crippen LogP contribution in [0.15, 0.2) is 18.2 Å². The molecule has 0 saturated heterocycles. The largest absolute Gasteiger partial charge is 0.497 e. The molecule has 0 aromatic heterocycles. The number of amides is 1. The lowest BCUT2D eigenvalue weighted by atomic mass is 10.2. The maximum atomic E-state index is 12.8. The number of methoxy groups -OCH3 is 2. The first-order valence-corrected chi connectivity index (χ1v) is 5.48. The van der Waals surface area contributed by atoms with Crippen molar-refractivity contribution in [3.8, 4) is 11.5 Å². The average molecular weight is 295 g/mol. The van der Waals surface area contributed by atoms with Crippen molar-refractivity contribution in [3.63, 3.8) is 0 Å². The Morgan fingerprint density at radius 2 is 1.95 bits per heavy atom. The van der Waals surface area contributed by atoms with Gasteiger partial charge in [0.15, 0.2) is 0 Å². The Hall–Kier alpha value is -1.99. The molecule has 0 heterocycles. The van der Waals surface area contributed by atoms with E-state index in [9.17, 15) is 22.4 Å². The van der Waals surface area contributed by atoms with Crippen molar-refractivity contribution in [1.29, 1.82) is 0 Å². The molecule has 1 amide bonds. The van der Waals surface area contributed by atoms with Gasteiger partial charge in [-0.3, -0.25) is 4.79 Å². The summed E-state index contributed by atoms with van der Waals surface area (Å²) in [7, 11) is 2.75. The van der Waals surface area contributed by atoms with Gasteiger partial charge in [-0.1, -0.05) is 0 Å². The van der Waals surface area contributed by atoms with Gasteiger partial charge in [0, 0.05) is 12.1 Å². The van der Waals surface area contributed by atoms with E-state index in [-0.39, 0.29) is 6.54 Å². The highest BCUT2D eigenvalue weighted by molar-refractivity contribution is 5.83. The monoisotopic (exact) mass is 295 g/mol. The molecule has 0 radical (unpaired) electrons. The van der Waals surface area contributed by atoms with Gasteiger partial charge in [-0.2, -0.15) is 8.78 Å². The Bertz CT molecular complexity index is 480. The van der Waals surface area contributed by atoms with Crippen molar-refractivity contribution in [2.24, 2.45) is 0 Å². The molecule has 1 N–H and O–H groups in total. The third-order valence-corrected chi connectivity index (χ3v) is 2.50. The summed E-state index contributed by atoms with van der Waals surface area (Å²) < 4.78 is 59.4. The third-order valence-electron chi connectivity index (χ3n) is 2.50. The normalized spacial score (nSPS) is 11.3. The van der Waals surface area contributed by atoms with Crippen LogP contribution >= 0.6 is 0 Å². The van der Waals surface area contributed by atoms with Crippen LogP contribution in [0.25, 0.3) is 0 Å². The number of hydrogen-bond donors (Lipinski definition) is 1. The topological polar surface area (TPSA) is 47.6 Å². The predicted molar refractivity (Wildman–Crippen MR) is 62.3 cm³/mol. The molecule has 0 aliphatic rings. The van der Waals surface area contributed by atoms with Crippen LogP contribution in [-0.4, -0.2) is 32.5 Å². The minimum Gasteiger partial charge on any atom is -0.497 e. The number of halogens is 4. The van der Waals surface area contributed by atoms with Gasteiger partial charge in [-0.15, -0.1) is 0 Å². The predicted octanol–water partition coefficient (Wildman–Crippen LogP) is 2.22. The van der Waals surface area contributed by atoms with E-state index < -0.39 is 18.3 Å². The Morgan fingerprint density at radius 1 is 1.30 bits per heavy atom. The number of ether oxygens (including phenoxy) is 2. The maximum Gasteiger partial charge on any atom is 0.383 e. The van der Waals surface area contributed by atoms with Crippen molar-refractivity contribution >= 4 is 5.91 Å². The highest BCUT2D eigenvalue weighted by atomic mass is 19.3. The second kappa shape index (κ2) is 6.44. The van der Waals surface area contributed by atoms with Gasteiger partial charge in [0.05, 0.1) is 14.2 Å². The second-order valence-electron chi connectivity index (χ2n) is 3.78. The number of rotatable bonds is 6. The minimum atomic E-state index is -4.73. The number of nitrogens with one attached hydrogen (secondary N) is 1. The molecule has 0 fully saturated rings. The first-order valence-electron chi connectivity index (χ1n) is 5.48. The zero-order chi connectivity index (χ0) is 15.3. The molecule has 1 aromatic rings. The highest BCUT2D eigenvalue weighted by Crippen LogP contribution is 2.25. The summed E-state index contributed by atoms with van der Waals surface area (Å²) in [5.41, 5.74) is 0.324. The molecular formula is C12H13F4NO3. The second-order valence-corrected chi connectivity index (χ2v) is 3.78. The lowest BCUT2D eigenvalue weighted by molar-refractivity contribution is -0.169. The lowest BCUT2D eigenvalue weighted by Gasteiger charge is -2.16. The molecule has 1 rings (SSSR count). The molecule has 0 bridgehead atoms. The smallest absolute Gasteiger partial charge is 0.383 e. The summed E-state index contributed by atoms with van der Waals surface area (Å²) in [5.74, 6) is -6.05. The molecule has 112 valence electrons. The van der Waals surface area contributed by atoms with Gasteiger partial charge < -0.3 is 14.8 Å². The van der Waals surface area contributed by atoms with Gasteiger partial charge in [-0.25, -0.2) is 8.78 Å². The Labute approximate surface area is 112 Å². The van der Waals surface area contributed by atoms with Crippen LogP contribution in [0, 0.1) is 0 Å². The van der Waals surface area contributed by atoms with Crippen LogP contribution in [0.2, 0.25) is 0 Å². The number of alkyl halides is 4. The fraction of sp³-hybridized carbons (Fsp3) is 0.417. The van der Waals surface area contributed by atoms with Crippen molar-refractivity contribution in [1.82, 2.24) is 5.32 Å². The van der Waals surface area contributed by atoms with Crippen molar-refractivity contribution < 1.29 is 31.8 Å². The summed E-state index contributed by atoms with van der Waals surface area (Å²) in [4.78, 5) is 11.0. The van der Waals surface area contributed by atoms with Gasteiger partial charge in [0.25, 0.3) is 5.91 Å². The van der Waals surface area contributed by atoms with Crippen LogP contribution in [0.1, 0.15) is 5.56 Å². The van der Waals surface area contributed by atoms with E-state index in [4.69, 9.17) is 9.47 Å². The summed E-state index contributed by atoms with van der Waals surface area (Å²) in [6.45, 7) is -0.387. The van der Waals surface area contributed by atoms with Gasteiger partial charge in [0.1, 0.15) is 11.5 Å². The Morgan fingerprint density at radius 3 is 2.45 bits per heavy atom. The van der Waals surface area contributed by atoms with Gasteiger partial charge >= 0.3 is 12.3 Å². The number of carbonyl (C=O) groups is 1. The van der Waals surface area contributed by atoms with Crippen LogP contribution in [0.3, 0.4) is 0 Å². The van der Waals surface area contributed by atoms with E-state index in [0.29, 0.717) is 17.1 Å². The number of carbonyl (C=O) groups excluding carboxylic acids is 1. The average Bonchev–Trinajstić information content (AvgIpc) is 2.43. The van der Waals surface area contributed by atoms with Crippen molar-refractivity contribution in [2.75, 3.05) is 14.2 Å². The van der Waals surface area contributed by atoms with Crippen molar-refractivity contribution in [3.05, 3.63) is 23.8 Å². The zero-order valence-corrected chi connectivity index (χ0v) is 10.8. The van der Waals surface area contributed by atoms with E-state index in [1.165, 1.54) is 26.4 Å². The van der Waals surface area contributed by atoms with E-state index >= 15 is 0 Å². The molecule has 0 aliphatic carbocycles. The highest BCUT2D eigenvalue weighted by Gasteiger charge is 2.48. The van der Waals surface area contributed by atoms with Gasteiger partial charge in [-0.05, 0) is 18.2 Å². The molecular weight excluding hydrogens is 282 g/mol. The summed E-state index contributed by atoms with van der Waals surface area (Å²) in [5, 5.41) is 1.74. The van der Waals surface area contributed by atoms with Crippen LogP contribution < -0.4 is 14.8 Å². The molecule has 0 aliphatic heterocycles. The molecule has 0 atom stereocenters. The molecule has 4 nitrogen and oxygen atoms in total. The summed E-state index contributed by atoms with van der Waals surface area (Å²) in [6.07, 6.45) is -4.06.